The fraction of sp³-hybridized carbons (Fsp3) is 0.467. The molecule has 0 unspecified atom stereocenters. The number of hydrogen-bond donors (Lipinski definition) is 0. The van der Waals surface area contributed by atoms with Crippen LogP contribution in [0, 0.1) is 0 Å². The second kappa shape index (κ2) is 5.36. The van der Waals surface area contributed by atoms with Gasteiger partial charge < -0.3 is 0 Å². The molecule has 90 valence electrons. The topological polar surface area (TPSA) is 0 Å². The fourth-order valence-electron chi connectivity index (χ4n) is 2.80. The van der Waals surface area contributed by atoms with Gasteiger partial charge in [0.15, 0.2) is 0 Å². The summed E-state index contributed by atoms with van der Waals surface area (Å²) in [6.07, 6.45) is 9.63. The molecule has 0 radical (unpaired) electrons. The molecule has 2 aliphatic rings. The Morgan fingerprint density at radius 2 is 1.82 bits per heavy atom. The van der Waals surface area contributed by atoms with Crippen molar-refractivity contribution in [2.24, 2.45) is 0 Å². The van der Waals surface area contributed by atoms with Gasteiger partial charge in [-0.2, -0.15) is 0 Å². The van der Waals surface area contributed by atoms with E-state index in [0.717, 1.165) is 0 Å². The van der Waals surface area contributed by atoms with Gasteiger partial charge in [0.1, 0.15) is 0 Å². The van der Waals surface area contributed by atoms with Crippen molar-refractivity contribution in [3.63, 3.8) is 0 Å². The van der Waals surface area contributed by atoms with Gasteiger partial charge in [-0.3, -0.25) is 0 Å². The molecule has 0 aromatic rings. The van der Waals surface area contributed by atoms with E-state index in [1.807, 2.05) is 6.56 Å². The molecule has 0 bridgehead atoms. The third-order valence-electron chi connectivity index (χ3n) is 3.99. The van der Waals surface area contributed by atoms with Crippen molar-refractivity contribution >= 4 is 5.43 Å². The van der Waals surface area contributed by atoms with Gasteiger partial charge in [0.25, 0.3) is 0 Å². The molecule has 0 saturated carbocycles. The molecule has 0 amide bonds. The first kappa shape index (κ1) is 13.5. The Kier molecular flexibility index (Phi) is 4.26. The van der Waals surface area contributed by atoms with E-state index in [1.165, 1.54) is 12.8 Å². The van der Waals surface area contributed by atoms with Crippen molar-refractivity contribution in [2.45, 2.75) is 46.7 Å². The average molecular weight is 322 g/mol. The third kappa shape index (κ3) is 2.58. The molecule has 2 rings (SSSR count). The molecule has 0 nitrogen and oxygen atoms in total. The minimum atomic E-state index is -1.46. The van der Waals surface area contributed by atoms with E-state index in [-0.39, 0.29) is 5.43 Å². The Balaban J connectivity index is 2.43. The van der Waals surface area contributed by atoms with Crippen LogP contribution in [0.15, 0.2) is 41.5 Å². The van der Waals surface area contributed by atoms with Crippen molar-refractivity contribution in [3.05, 3.63) is 41.5 Å². The van der Waals surface area contributed by atoms with Crippen molar-refractivity contribution < 1.29 is 20.4 Å². The first-order valence-electron chi connectivity index (χ1n) is 6.42. The van der Waals surface area contributed by atoms with Crippen molar-refractivity contribution in [1.29, 1.82) is 0 Å². The summed E-state index contributed by atoms with van der Waals surface area (Å²) < 4.78 is 3.76. The van der Waals surface area contributed by atoms with E-state index in [4.69, 9.17) is 0 Å². The summed E-state index contributed by atoms with van der Waals surface area (Å²) in [6, 6.07) is 0. The Morgan fingerprint density at radius 3 is 2.24 bits per heavy atom. The van der Waals surface area contributed by atoms with E-state index in [1.54, 1.807) is 16.7 Å². The van der Waals surface area contributed by atoms with E-state index in [2.05, 4.69) is 52.1 Å². The quantitative estimate of drug-likeness (QED) is 0.646. The minimum absolute atomic E-state index is 0.114. The van der Waals surface area contributed by atoms with Crippen LogP contribution in [0.25, 0.3) is 0 Å². The van der Waals surface area contributed by atoms with E-state index < -0.39 is 20.4 Å². The molecule has 0 N–H and O–H groups in total. The number of hydrogen-bond acceptors (Lipinski definition) is 0. The molecule has 0 aromatic heterocycles. The molecule has 0 spiro atoms. The molecule has 17 heavy (non-hydrogen) atoms. The van der Waals surface area contributed by atoms with Crippen LogP contribution in [0.5, 0.6) is 0 Å². The van der Waals surface area contributed by atoms with Crippen LogP contribution in [0.2, 0.25) is 13.1 Å². The Bertz CT molecular complexity index is 509. The summed E-state index contributed by atoms with van der Waals surface area (Å²) in [5.74, 6) is 0. The van der Waals surface area contributed by atoms with Gasteiger partial charge in [0, 0.05) is 0 Å². The van der Waals surface area contributed by atoms with Crippen molar-refractivity contribution in [1.82, 2.24) is 0 Å². The summed E-state index contributed by atoms with van der Waals surface area (Å²) in [5.41, 5.74) is 4.77. The van der Waals surface area contributed by atoms with E-state index in [9.17, 15) is 0 Å². The zero-order valence-electron chi connectivity index (χ0n) is 11.6. The van der Waals surface area contributed by atoms with Gasteiger partial charge in [0.05, 0.1) is 0 Å². The van der Waals surface area contributed by atoms with Gasteiger partial charge in [-0.15, -0.1) is 0 Å². The Hall–Kier alpha value is 0.0600. The van der Waals surface area contributed by atoms with Crippen molar-refractivity contribution in [2.75, 3.05) is 0 Å². The zero-order valence-corrected chi connectivity index (χ0v) is 15.1. The SMILES string of the molecule is CC1=C(C)C(C)=[C]([Zr]([C]2=CC=CC2)=[Si](C)C)C1. The monoisotopic (exact) mass is 320 g/mol. The predicted molar refractivity (Wildman–Crippen MR) is 75.0 cm³/mol. The van der Waals surface area contributed by atoms with Crippen LogP contribution in [0.4, 0.5) is 0 Å². The standard InChI is InChI=1S/C8H11.C5H5.C2H6Si.Zr/c1-6-4-5-7(2)8(6)3;1-2-4-5-3-1;1-3-2;/h4H2,1-3H3;1-3H,4H2;1-2H3;. The molecule has 2 heteroatoms. The van der Waals surface area contributed by atoms with Gasteiger partial charge in [-0.05, 0) is 0 Å². The third-order valence-corrected chi connectivity index (χ3v) is 21.4. The second-order valence-corrected chi connectivity index (χ2v) is 22.6. The van der Waals surface area contributed by atoms with Crippen LogP contribution in [0.3, 0.4) is 0 Å². The van der Waals surface area contributed by atoms with Gasteiger partial charge in [0.2, 0.25) is 0 Å². The maximum absolute atomic E-state index is 2.54. The first-order valence-corrected chi connectivity index (χ1v) is 15.1. The molecule has 0 atom stereocenters. The molecular formula is C15H22SiZr. The molecule has 0 saturated heterocycles. The maximum atomic E-state index is 2.54. The van der Waals surface area contributed by atoms with Crippen molar-refractivity contribution in [3.8, 4) is 0 Å². The van der Waals surface area contributed by atoms with Gasteiger partial charge >= 0.3 is 114 Å². The molecule has 0 aromatic carbocycles. The van der Waals surface area contributed by atoms with Crippen LogP contribution < -0.4 is 0 Å². The van der Waals surface area contributed by atoms with Gasteiger partial charge in [-0.25, -0.2) is 0 Å². The van der Waals surface area contributed by atoms with Crippen LogP contribution >= 0.6 is 0 Å². The predicted octanol–water partition coefficient (Wildman–Crippen LogP) is 4.71. The van der Waals surface area contributed by atoms with E-state index in [0.29, 0.717) is 0 Å². The Labute approximate surface area is 113 Å². The summed E-state index contributed by atoms with van der Waals surface area (Å²) in [6.45, 7) is 12.1. The molecular weight excluding hydrogens is 299 g/mol. The first-order chi connectivity index (χ1) is 8.02. The summed E-state index contributed by atoms with van der Waals surface area (Å²) in [5, 5.41) is 0. The normalized spacial score (nSPS) is 19.2. The van der Waals surface area contributed by atoms with E-state index >= 15 is 0 Å². The summed E-state index contributed by atoms with van der Waals surface area (Å²) >= 11 is -1.46. The molecule has 0 heterocycles. The van der Waals surface area contributed by atoms with Crippen LogP contribution in [0.1, 0.15) is 33.6 Å². The van der Waals surface area contributed by atoms with Crippen LogP contribution in [-0.4, -0.2) is 5.43 Å². The van der Waals surface area contributed by atoms with Crippen LogP contribution in [-0.2, 0) is 20.4 Å². The zero-order chi connectivity index (χ0) is 12.6. The molecule has 0 fully saturated rings. The number of allylic oxidation sites excluding steroid dienone is 8. The second-order valence-electron chi connectivity index (χ2n) is 5.38. The fourth-order valence-corrected chi connectivity index (χ4v) is 20.8. The molecule has 2 aliphatic carbocycles. The summed E-state index contributed by atoms with van der Waals surface area (Å²) in [7, 11) is 0. The number of rotatable bonds is 2. The Morgan fingerprint density at radius 1 is 1.12 bits per heavy atom. The molecule has 0 aliphatic heterocycles. The average Bonchev–Trinajstić information content (AvgIpc) is 2.85. The summed E-state index contributed by atoms with van der Waals surface area (Å²) in [4.78, 5) is 0. The van der Waals surface area contributed by atoms with Gasteiger partial charge in [-0.1, -0.05) is 0 Å².